The first kappa shape index (κ1) is 13.3. The normalized spacial score (nSPS) is 39.9. The number of carboxylic acids is 1. The standard InChI is InChI=1S/C17H20FNO2/c18-10-3-1-9(2-4-10)8-19-16-12-6-5-11(13-7-14(12)13)15(16)17(20)21/h1-4,11-16,19H,5-8H2,(H,20,21)/t11-,12+,13+,14-,15?,16?/m0/s1. The van der Waals surface area contributed by atoms with Crippen LogP contribution in [0.1, 0.15) is 24.8 Å². The van der Waals surface area contributed by atoms with Crippen molar-refractivity contribution in [3.63, 3.8) is 0 Å². The molecule has 3 nitrogen and oxygen atoms in total. The first-order valence-corrected chi connectivity index (χ1v) is 7.86. The van der Waals surface area contributed by atoms with Gasteiger partial charge in [-0.1, -0.05) is 12.1 Å². The van der Waals surface area contributed by atoms with E-state index in [-0.39, 0.29) is 17.8 Å². The minimum Gasteiger partial charge on any atom is -0.481 e. The second-order valence-electron chi connectivity index (χ2n) is 6.87. The molecular weight excluding hydrogens is 269 g/mol. The van der Waals surface area contributed by atoms with Crippen LogP contribution in [0.4, 0.5) is 4.39 Å². The van der Waals surface area contributed by atoms with Gasteiger partial charge in [-0.3, -0.25) is 4.79 Å². The van der Waals surface area contributed by atoms with E-state index >= 15 is 0 Å². The average molecular weight is 289 g/mol. The Morgan fingerprint density at radius 2 is 1.81 bits per heavy atom. The van der Waals surface area contributed by atoms with Crippen molar-refractivity contribution in [2.75, 3.05) is 0 Å². The van der Waals surface area contributed by atoms with Gasteiger partial charge >= 0.3 is 5.97 Å². The van der Waals surface area contributed by atoms with Gasteiger partial charge in [0.15, 0.2) is 0 Å². The molecule has 112 valence electrons. The maximum Gasteiger partial charge on any atom is 0.308 e. The van der Waals surface area contributed by atoms with E-state index in [2.05, 4.69) is 5.32 Å². The van der Waals surface area contributed by atoms with Crippen molar-refractivity contribution in [3.05, 3.63) is 35.6 Å². The molecule has 4 saturated carbocycles. The number of rotatable bonds is 4. The Morgan fingerprint density at radius 3 is 2.52 bits per heavy atom. The fraction of sp³-hybridized carbons (Fsp3) is 0.588. The molecule has 0 aliphatic heterocycles. The molecule has 1 aromatic rings. The van der Waals surface area contributed by atoms with E-state index in [1.807, 2.05) is 0 Å². The summed E-state index contributed by atoms with van der Waals surface area (Å²) in [4.78, 5) is 11.7. The SMILES string of the molecule is O=C(O)C1C(NCc2ccc(F)cc2)[C@@H]2CC[C@H]1[C@H]1C[C@H]12. The molecule has 4 aliphatic carbocycles. The second-order valence-corrected chi connectivity index (χ2v) is 6.87. The first-order chi connectivity index (χ1) is 10.1. The van der Waals surface area contributed by atoms with Gasteiger partial charge < -0.3 is 10.4 Å². The summed E-state index contributed by atoms with van der Waals surface area (Å²) in [5, 5.41) is 13.1. The van der Waals surface area contributed by atoms with E-state index in [1.54, 1.807) is 12.1 Å². The van der Waals surface area contributed by atoms with Crippen LogP contribution in [0, 0.1) is 35.4 Å². The molecule has 6 atom stereocenters. The lowest BCUT2D eigenvalue weighted by Crippen LogP contribution is -2.55. The van der Waals surface area contributed by atoms with Crippen molar-refractivity contribution in [1.29, 1.82) is 0 Å². The lowest BCUT2D eigenvalue weighted by atomic mass is 9.61. The maximum atomic E-state index is 12.9. The zero-order chi connectivity index (χ0) is 14.6. The molecule has 5 rings (SSSR count). The number of hydrogen-bond donors (Lipinski definition) is 2. The molecule has 0 radical (unpaired) electrons. The van der Waals surface area contributed by atoms with Gasteiger partial charge in [0.05, 0.1) is 5.92 Å². The maximum absolute atomic E-state index is 12.9. The van der Waals surface area contributed by atoms with Crippen LogP contribution in [-0.2, 0) is 11.3 Å². The highest BCUT2D eigenvalue weighted by Gasteiger charge is 2.62. The van der Waals surface area contributed by atoms with Gasteiger partial charge in [0.1, 0.15) is 5.82 Å². The lowest BCUT2D eigenvalue weighted by molar-refractivity contribution is -0.150. The predicted octanol–water partition coefficient (Wildman–Crippen LogP) is 2.66. The Morgan fingerprint density at radius 1 is 1.14 bits per heavy atom. The Labute approximate surface area is 123 Å². The molecule has 21 heavy (non-hydrogen) atoms. The molecule has 2 N–H and O–H groups in total. The van der Waals surface area contributed by atoms with E-state index in [0.717, 1.165) is 24.3 Å². The fourth-order valence-electron chi connectivity index (χ4n) is 4.91. The number of nitrogens with one attached hydrogen (secondary N) is 1. The number of carboxylic acid groups (broad SMARTS) is 1. The van der Waals surface area contributed by atoms with Crippen molar-refractivity contribution in [2.45, 2.75) is 31.8 Å². The van der Waals surface area contributed by atoms with Crippen molar-refractivity contribution in [1.82, 2.24) is 5.32 Å². The van der Waals surface area contributed by atoms with E-state index in [0.29, 0.717) is 24.3 Å². The Hall–Kier alpha value is -1.42. The summed E-state index contributed by atoms with van der Waals surface area (Å²) >= 11 is 0. The molecule has 4 fully saturated rings. The van der Waals surface area contributed by atoms with Gasteiger partial charge in [-0.2, -0.15) is 0 Å². The minimum atomic E-state index is -0.647. The van der Waals surface area contributed by atoms with Crippen LogP contribution < -0.4 is 5.32 Å². The minimum absolute atomic E-state index is 0.0788. The average Bonchev–Trinajstić information content (AvgIpc) is 3.28. The van der Waals surface area contributed by atoms with E-state index in [1.165, 1.54) is 18.6 Å². The molecule has 4 aliphatic rings. The van der Waals surface area contributed by atoms with E-state index < -0.39 is 5.97 Å². The lowest BCUT2D eigenvalue weighted by Gasteiger charge is -2.46. The second kappa shape index (κ2) is 4.80. The predicted molar refractivity (Wildman–Crippen MR) is 76.0 cm³/mol. The van der Waals surface area contributed by atoms with Gasteiger partial charge in [-0.15, -0.1) is 0 Å². The molecule has 0 spiro atoms. The van der Waals surface area contributed by atoms with Crippen molar-refractivity contribution in [2.24, 2.45) is 29.6 Å². The highest BCUT2D eigenvalue weighted by molar-refractivity contribution is 5.72. The molecule has 4 heteroatoms. The summed E-state index contributed by atoms with van der Waals surface area (Å²) in [6, 6.07) is 6.51. The number of fused-ring (bicyclic) bond motifs is 2. The van der Waals surface area contributed by atoms with Crippen LogP contribution in [-0.4, -0.2) is 17.1 Å². The van der Waals surface area contributed by atoms with Gasteiger partial charge in [0, 0.05) is 12.6 Å². The molecule has 0 aromatic heterocycles. The zero-order valence-electron chi connectivity index (χ0n) is 11.8. The molecule has 2 bridgehead atoms. The van der Waals surface area contributed by atoms with Crippen LogP contribution in [0.25, 0.3) is 0 Å². The Kier molecular flexibility index (Phi) is 3.03. The third-order valence-electron chi connectivity index (χ3n) is 5.87. The zero-order valence-corrected chi connectivity index (χ0v) is 11.8. The summed E-state index contributed by atoms with van der Waals surface area (Å²) in [5.74, 6) is 1.18. The van der Waals surface area contributed by atoms with Crippen LogP contribution >= 0.6 is 0 Å². The largest absolute Gasteiger partial charge is 0.481 e. The molecule has 1 aromatic carbocycles. The van der Waals surface area contributed by atoms with Crippen LogP contribution in [0.3, 0.4) is 0 Å². The van der Waals surface area contributed by atoms with Gasteiger partial charge in [0.2, 0.25) is 0 Å². The quantitative estimate of drug-likeness (QED) is 0.896. The molecule has 0 saturated heterocycles. The van der Waals surface area contributed by atoms with Crippen molar-refractivity contribution >= 4 is 5.97 Å². The Balaban J connectivity index is 1.50. The number of benzene rings is 1. The number of halogens is 1. The van der Waals surface area contributed by atoms with Crippen molar-refractivity contribution < 1.29 is 14.3 Å². The first-order valence-electron chi connectivity index (χ1n) is 7.86. The summed E-state index contributed by atoms with van der Waals surface area (Å²) in [6.07, 6.45) is 3.47. The number of aliphatic carboxylic acids is 1. The van der Waals surface area contributed by atoms with Gasteiger partial charge in [-0.25, -0.2) is 4.39 Å². The third-order valence-corrected chi connectivity index (χ3v) is 5.87. The summed E-state index contributed by atoms with van der Waals surface area (Å²) < 4.78 is 12.9. The molecule has 0 amide bonds. The third kappa shape index (κ3) is 2.16. The van der Waals surface area contributed by atoms with Crippen molar-refractivity contribution in [3.8, 4) is 0 Å². The van der Waals surface area contributed by atoms with E-state index in [4.69, 9.17) is 0 Å². The fourth-order valence-corrected chi connectivity index (χ4v) is 4.91. The van der Waals surface area contributed by atoms with Crippen LogP contribution in [0.15, 0.2) is 24.3 Å². The molecule has 0 heterocycles. The highest BCUT2D eigenvalue weighted by atomic mass is 19.1. The van der Waals surface area contributed by atoms with Gasteiger partial charge in [-0.05, 0) is 60.6 Å². The van der Waals surface area contributed by atoms with E-state index in [9.17, 15) is 14.3 Å². The summed E-state index contributed by atoms with van der Waals surface area (Å²) in [6.45, 7) is 0.620. The Bertz CT molecular complexity index is 558. The van der Waals surface area contributed by atoms with Gasteiger partial charge in [0.25, 0.3) is 0 Å². The summed E-state index contributed by atoms with van der Waals surface area (Å²) in [5.41, 5.74) is 1.01. The smallest absolute Gasteiger partial charge is 0.308 e. The van der Waals surface area contributed by atoms with Crippen LogP contribution in [0.2, 0.25) is 0 Å². The number of carbonyl (C=O) groups is 1. The topological polar surface area (TPSA) is 49.3 Å². The number of hydrogen-bond acceptors (Lipinski definition) is 2. The molecular formula is C17H20FNO2. The highest BCUT2D eigenvalue weighted by Crippen LogP contribution is 2.64. The monoisotopic (exact) mass is 289 g/mol. The molecule has 2 unspecified atom stereocenters. The van der Waals surface area contributed by atoms with Crippen LogP contribution in [0.5, 0.6) is 0 Å². The summed E-state index contributed by atoms with van der Waals surface area (Å²) in [7, 11) is 0.